The normalized spacial score (nSPS) is 11.1. The molecule has 0 saturated carbocycles. The van der Waals surface area contributed by atoms with Gasteiger partial charge in [0.05, 0.1) is 19.8 Å². The van der Waals surface area contributed by atoms with Crippen LogP contribution in [-0.4, -0.2) is 52.5 Å². The zero-order valence-electron chi connectivity index (χ0n) is 19.6. The van der Waals surface area contributed by atoms with Crippen molar-refractivity contribution in [1.82, 2.24) is 4.31 Å². The van der Waals surface area contributed by atoms with E-state index in [0.29, 0.717) is 11.4 Å². The number of sulfonamides is 1. The van der Waals surface area contributed by atoms with Gasteiger partial charge >= 0.3 is 5.97 Å². The molecule has 3 aromatic carbocycles. The number of carbonyl (C=O) groups excluding carboxylic acids is 2. The molecule has 0 aliphatic carbocycles. The smallest absolute Gasteiger partial charge is 0.338 e. The molecule has 0 saturated heterocycles. The highest BCUT2D eigenvalue weighted by molar-refractivity contribution is 7.89. The summed E-state index contributed by atoms with van der Waals surface area (Å²) in [7, 11) is 0.280. The van der Waals surface area contributed by atoms with E-state index in [-0.39, 0.29) is 22.8 Å². The number of nitrogens with one attached hydrogen (secondary N) is 1. The Morgan fingerprint density at radius 1 is 0.914 bits per heavy atom. The lowest BCUT2D eigenvalue weighted by atomic mass is 10.2. The molecule has 0 aromatic heterocycles. The number of ether oxygens (including phenoxy) is 3. The van der Waals surface area contributed by atoms with Gasteiger partial charge in [0, 0.05) is 25.3 Å². The van der Waals surface area contributed by atoms with Crippen molar-refractivity contribution in [3.63, 3.8) is 0 Å². The molecule has 184 valence electrons. The minimum Gasteiger partial charge on any atom is -0.497 e. The minimum atomic E-state index is -4.01. The van der Waals surface area contributed by atoms with Gasteiger partial charge in [-0.25, -0.2) is 13.2 Å². The van der Waals surface area contributed by atoms with Crippen molar-refractivity contribution >= 4 is 27.6 Å². The summed E-state index contributed by atoms with van der Waals surface area (Å²) in [5, 5.41) is 2.60. The molecular weight excluding hydrogens is 472 g/mol. The van der Waals surface area contributed by atoms with Crippen LogP contribution in [0.1, 0.15) is 15.9 Å². The second-order valence-electron chi connectivity index (χ2n) is 7.47. The van der Waals surface area contributed by atoms with Crippen LogP contribution < -0.4 is 14.8 Å². The summed E-state index contributed by atoms with van der Waals surface area (Å²) >= 11 is 0. The van der Waals surface area contributed by atoms with Gasteiger partial charge in [0.1, 0.15) is 16.4 Å². The Balaban J connectivity index is 1.72. The first-order chi connectivity index (χ1) is 16.7. The van der Waals surface area contributed by atoms with Gasteiger partial charge in [-0.05, 0) is 35.9 Å². The number of esters is 1. The number of hydrogen-bond donors (Lipinski definition) is 1. The maximum absolute atomic E-state index is 13.2. The SMILES string of the molecule is COc1cccc(NC(=O)COC(=O)c2ccc(OC)c(S(=O)(=O)N(C)Cc3ccccc3)c2)c1. The first-order valence-corrected chi connectivity index (χ1v) is 12.0. The lowest BCUT2D eigenvalue weighted by molar-refractivity contribution is -0.119. The average Bonchev–Trinajstić information content (AvgIpc) is 2.87. The predicted molar refractivity (Wildman–Crippen MR) is 130 cm³/mol. The molecule has 1 amide bonds. The van der Waals surface area contributed by atoms with E-state index in [9.17, 15) is 18.0 Å². The zero-order chi connectivity index (χ0) is 25.4. The molecule has 0 atom stereocenters. The summed E-state index contributed by atoms with van der Waals surface area (Å²) in [6.07, 6.45) is 0. The third-order valence-corrected chi connectivity index (χ3v) is 6.85. The van der Waals surface area contributed by atoms with Crippen molar-refractivity contribution in [1.29, 1.82) is 0 Å². The van der Waals surface area contributed by atoms with Crippen LogP contribution in [0.4, 0.5) is 5.69 Å². The fraction of sp³-hybridized carbons (Fsp3) is 0.200. The van der Waals surface area contributed by atoms with Crippen LogP contribution in [0.5, 0.6) is 11.5 Å². The van der Waals surface area contributed by atoms with Crippen molar-refractivity contribution < 1.29 is 32.2 Å². The Morgan fingerprint density at radius 3 is 2.34 bits per heavy atom. The molecule has 0 fully saturated rings. The molecule has 0 radical (unpaired) electrons. The molecule has 0 aliphatic rings. The molecule has 0 spiro atoms. The lowest BCUT2D eigenvalue weighted by Crippen LogP contribution is -2.27. The first-order valence-electron chi connectivity index (χ1n) is 10.5. The fourth-order valence-corrected chi connectivity index (χ4v) is 4.55. The molecule has 0 aliphatic heterocycles. The molecule has 3 rings (SSSR count). The Kier molecular flexibility index (Phi) is 8.45. The minimum absolute atomic E-state index is 0.0355. The number of carbonyl (C=O) groups is 2. The highest BCUT2D eigenvalue weighted by Crippen LogP contribution is 2.28. The molecule has 10 heteroatoms. The van der Waals surface area contributed by atoms with Crippen LogP contribution in [0.25, 0.3) is 0 Å². The van der Waals surface area contributed by atoms with E-state index >= 15 is 0 Å². The maximum atomic E-state index is 13.2. The van der Waals surface area contributed by atoms with Gasteiger partial charge < -0.3 is 19.5 Å². The van der Waals surface area contributed by atoms with Gasteiger partial charge in [-0.15, -0.1) is 0 Å². The number of amides is 1. The molecule has 35 heavy (non-hydrogen) atoms. The van der Waals surface area contributed by atoms with E-state index in [1.807, 2.05) is 30.3 Å². The number of methoxy groups -OCH3 is 2. The van der Waals surface area contributed by atoms with Crippen LogP contribution in [0.3, 0.4) is 0 Å². The summed E-state index contributed by atoms with van der Waals surface area (Å²) in [5.74, 6) is -0.771. The van der Waals surface area contributed by atoms with Gasteiger partial charge in [-0.1, -0.05) is 36.4 Å². The van der Waals surface area contributed by atoms with E-state index < -0.39 is 28.5 Å². The van der Waals surface area contributed by atoms with Crippen molar-refractivity contribution in [2.24, 2.45) is 0 Å². The molecular formula is C25H26N2O7S. The number of anilines is 1. The van der Waals surface area contributed by atoms with E-state index in [1.165, 1.54) is 39.5 Å². The predicted octanol–water partition coefficient (Wildman–Crippen LogP) is 3.32. The third kappa shape index (κ3) is 6.58. The molecule has 0 unspecified atom stereocenters. The van der Waals surface area contributed by atoms with Crippen molar-refractivity contribution in [3.05, 3.63) is 83.9 Å². The summed E-state index contributed by atoms with van der Waals surface area (Å²) in [6, 6.07) is 19.7. The van der Waals surface area contributed by atoms with E-state index in [1.54, 1.807) is 24.3 Å². The Morgan fingerprint density at radius 2 is 1.66 bits per heavy atom. The molecule has 0 bridgehead atoms. The number of nitrogens with zero attached hydrogens (tertiary/aromatic N) is 1. The quantitative estimate of drug-likeness (QED) is 0.427. The lowest BCUT2D eigenvalue weighted by Gasteiger charge is -2.19. The van der Waals surface area contributed by atoms with Gasteiger partial charge in [-0.3, -0.25) is 4.79 Å². The number of benzene rings is 3. The van der Waals surface area contributed by atoms with Crippen molar-refractivity contribution in [3.8, 4) is 11.5 Å². The van der Waals surface area contributed by atoms with E-state index in [4.69, 9.17) is 14.2 Å². The Hall–Kier alpha value is -3.89. The van der Waals surface area contributed by atoms with E-state index in [2.05, 4.69) is 5.32 Å². The van der Waals surface area contributed by atoms with Gasteiger partial charge in [0.2, 0.25) is 10.0 Å². The topological polar surface area (TPSA) is 111 Å². The number of hydrogen-bond acceptors (Lipinski definition) is 7. The maximum Gasteiger partial charge on any atom is 0.338 e. The van der Waals surface area contributed by atoms with Crippen LogP contribution in [0.2, 0.25) is 0 Å². The van der Waals surface area contributed by atoms with Gasteiger partial charge in [0.15, 0.2) is 6.61 Å². The second kappa shape index (κ2) is 11.5. The Labute approximate surface area is 204 Å². The summed E-state index contributed by atoms with van der Waals surface area (Å²) < 4.78 is 43.0. The fourth-order valence-electron chi connectivity index (χ4n) is 3.21. The summed E-state index contributed by atoms with van der Waals surface area (Å²) in [5.41, 5.74) is 1.24. The largest absolute Gasteiger partial charge is 0.497 e. The Bertz CT molecular complexity index is 1290. The van der Waals surface area contributed by atoms with Crippen LogP contribution in [0, 0.1) is 0 Å². The highest BCUT2D eigenvalue weighted by atomic mass is 32.2. The summed E-state index contributed by atoms with van der Waals surface area (Å²) in [6.45, 7) is -0.427. The molecule has 0 heterocycles. The summed E-state index contributed by atoms with van der Waals surface area (Å²) in [4.78, 5) is 24.6. The standard InChI is InChI=1S/C25H26N2O7S/c1-27(16-18-8-5-4-6-9-18)35(30,31)23-14-19(12-13-22(23)33-3)25(29)34-17-24(28)26-20-10-7-11-21(15-20)32-2/h4-15H,16-17H2,1-3H3,(H,26,28). The second-order valence-corrected chi connectivity index (χ2v) is 9.48. The van der Waals surface area contributed by atoms with Crippen molar-refractivity contribution in [2.75, 3.05) is 33.2 Å². The monoisotopic (exact) mass is 498 g/mol. The van der Waals surface area contributed by atoms with Gasteiger partial charge in [-0.2, -0.15) is 4.31 Å². The molecule has 9 nitrogen and oxygen atoms in total. The molecule has 1 N–H and O–H groups in total. The van der Waals surface area contributed by atoms with Crippen LogP contribution >= 0.6 is 0 Å². The van der Waals surface area contributed by atoms with Crippen molar-refractivity contribution in [2.45, 2.75) is 11.4 Å². The van der Waals surface area contributed by atoms with Gasteiger partial charge in [0.25, 0.3) is 5.91 Å². The number of rotatable bonds is 10. The average molecular weight is 499 g/mol. The van der Waals surface area contributed by atoms with E-state index in [0.717, 1.165) is 9.87 Å². The third-order valence-electron chi connectivity index (χ3n) is 5.02. The first kappa shape index (κ1) is 25.7. The highest BCUT2D eigenvalue weighted by Gasteiger charge is 2.27. The molecule has 3 aromatic rings. The van der Waals surface area contributed by atoms with Crippen LogP contribution in [-0.2, 0) is 26.1 Å². The van der Waals surface area contributed by atoms with Crippen LogP contribution in [0.15, 0.2) is 77.7 Å². The zero-order valence-corrected chi connectivity index (χ0v) is 20.4.